The molecular weight excluding hydrogens is 194 g/mol. The van der Waals surface area contributed by atoms with Gasteiger partial charge < -0.3 is 10.4 Å². The number of amides is 1. The van der Waals surface area contributed by atoms with Crippen molar-refractivity contribution < 1.29 is 14.7 Å². The molecule has 2 N–H and O–H groups in total. The van der Waals surface area contributed by atoms with E-state index >= 15 is 0 Å². The number of carbonyl (C=O) groups is 2. The van der Waals surface area contributed by atoms with E-state index in [0.29, 0.717) is 0 Å². The average Bonchev–Trinajstić information content (AvgIpc) is 2.62. The Bertz CT molecular complexity index is 388. The van der Waals surface area contributed by atoms with Crippen molar-refractivity contribution in [2.24, 2.45) is 0 Å². The van der Waals surface area contributed by atoms with Gasteiger partial charge in [0.05, 0.1) is 0 Å². The van der Waals surface area contributed by atoms with E-state index in [-0.39, 0.29) is 18.2 Å². The van der Waals surface area contributed by atoms with Crippen LogP contribution in [0.3, 0.4) is 0 Å². The van der Waals surface area contributed by atoms with E-state index in [1.165, 1.54) is 0 Å². The summed E-state index contributed by atoms with van der Waals surface area (Å²) in [7, 11) is 0. The van der Waals surface area contributed by atoms with Crippen LogP contribution in [0.25, 0.3) is 0 Å². The predicted octanol–water partition coefficient (Wildman–Crippen LogP) is 0.743. The molecule has 2 atom stereocenters. The maximum absolute atomic E-state index is 11.2. The number of carboxylic acid groups (broad SMARTS) is 1. The van der Waals surface area contributed by atoms with Crippen LogP contribution >= 0.6 is 0 Å². The van der Waals surface area contributed by atoms with Crippen LogP contribution in [0.5, 0.6) is 0 Å². The summed E-state index contributed by atoms with van der Waals surface area (Å²) in [5.74, 6) is -1.43. The van der Waals surface area contributed by atoms with Crippen molar-refractivity contribution >= 4 is 11.9 Å². The summed E-state index contributed by atoms with van der Waals surface area (Å²) in [4.78, 5) is 22.1. The molecule has 0 saturated carbocycles. The lowest BCUT2D eigenvalue weighted by molar-refractivity contribution is -0.140. The third-order valence-corrected chi connectivity index (χ3v) is 2.62. The van der Waals surface area contributed by atoms with E-state index in [2.05, 4.69) is 5.32 Å². The van der Waals surface area contributed by atoms with Gasteiger partial charge in [0.25, 0.3) is 0 Å². The number of hydrogen-bond acceptors (Lipinski definition) is 2. The zero-order valence-electron chi connectivity index (χ0n) is 8.01. The molecule has 15 heavy (non-hydrogen) atoms. The molecule has 0 aromatic heterocycles. The number of carbonyl (C=O) groups excluding carboxylic acids is 1. The fraction of sp³-hybridized carbons (Fsp3) is 0.273. The Morgan fingerprint density at radius 3 is 2.60 bits per heavy atom. The minimum Gasteiger partial charge on any atom is -0.480 e. The SMILES string of the molecule is O=C1C[C@H](c2ccccc2)[C@@H](C(=O)O)N1. The van der Waals surface area contributed by atoms with Crippen LogP contribution in [-0.2, 0) is 9.59 Å². The van der Waals surface area contributed by atoms with Gasteiger partial charge in [-0.2, -0.15) is 0 Å². The van der Waals surface area contributed by atoms with Gasteiger partial charge in [-0.15, -0.1) is 0 Å². The summed E-state index contributed by atoms with van der Waals surface area (Å²) in [6.45, 7) is 0. The van der Waals surface area contributed by atoms with Crippen LogP contribution in [0.2, 0.25) is 0 Å². The van der Waals surface area contributed by atoms with E-state index in [1.807, 2.05) is 30.3 Å². The molecule has 0 aliphatic carbocycles. The largest absolute Gasteiger partial charge is 0.480 e. The lowest BCUT2D eigenvalue weighted by Gasteiger charge is -2.14. The van der Waals surface area contributed by atoms with Gasteiger partial charge in [0.2, 0.25) is 5.91 Å². The third kappa shape index (κ3) is 1.83. The highest BCUT2D eigenvalue weighted by Crippen LogP contribution is 2.28. The molecule has 0 bridgehead atoms. The molecule has 78 valence electrons. The second-order valence-corrected chi connectivity index (χ2v) is 3.60. The van der Waals surface area contributed by atoms with E-state index in [1.54, 1.807) is 0 Å². The first-order valence-corrected chi connectivity index (χ1v) is 4.75. The first kappa shape index (κ1) is 9.71. The summed E-state index contributed by atoms with van der Waals surface area (Å²) in [6.07, 6.45) is 0.251. The fourth-order valence-corrected chi connectivity index (χ4v) is 1.89. The molecule has 4 nitrogen and oxygen atoms in total. The molecule has 1 amide bonds. The predicted molar refractivity (Wildman–Crippen MR) is 53.4 cm³/mol. The Labute approximate surface area is 86.9 Å². The molecule has 1 aliphatic rings. The van der Waals surface area contributed by atoms with Crippen LogP contribution in [0.1, 0.15) is 17.9 Å². The van der Waals surface area contributed by atoms with Crippen molar-refractivity contribution in [1.82, 2.24) is 5.32 Å². The van der Waals surface area contributed by atoms with Crippen LogP contribution < -0.4 is 5.32 Å². The fourth-order valence-electron chi connectivity index (χ4n) is 1.89. The van der Waals surface area contributed by atoms with Crippen molar-refractivity contribution in [3.05, 3.63) is 35.9 Å². The monoisotopic (exact) mass is 205 g/mol. The van der Waals surface area contributed by atoms with Crippen molar-refractivity contribution in [1.29, 1.82) is 0 Å². The number of hydrogen-bond donors (Lipinski definition) is 2. The Hall–Kier alpha value is -1.84. The number of rotatable bonds is 2. The Morgan fingerprint density at radius 2 is 2.00 bits per heavy atom. The molecule has 4 heteroatoms. The summed E-state index contributed by atoms with van der Waals surface area (Å²) in [5.41, 5.74) is 0.892. The highest BCUT2D eigenvalue weighted by atomic mass is 16.4. The molecule has 1 aliphatic heterocycles. The quantitative estimate of drug-likeness (QED) is 0.748. The van der Waals surface area contributed by atoms with Crippen LogP contribution in [0.15, 0.2) is 30.3 Å². The highest BCUT2D eigenvalue weighted by Gasteiger charge is 2.38. The molecular formula is C11H11NO3. The highest BCUT2D eigenvalue weighted by molar-refractivity contribution is 5.89. The standard InChI is InChI=1S/C11H11NO3/c13-9-6-8(10(12-9)11(14)15)7-4-2-1-3-5-7/h1-5,8,10H,6H2,(H,12,13)(H,14,15)/t8-,10+/m1/s1. The number of nitrogens with one attached hydrogen (secondary N) is 1. The first-order valence-electron chi connectivity index (χ1n) is 4.75. The van der Waals surface area contributed by atoms with Gasteiger partial charge in [0, 0.05) is 12.3 Å². The maximum atomic E-state index is 11.2. The molecule has 1 aromatic carbocycles. The molecule has 1 saturated heterocycles. The molecule has 1 aromatic rings. The topological polar surface area (TPSA) is 66.4 Å². The second kappa shape index (κ2) is 3.73. The Morgan fingerprint density at radius 1 is 1.33 bits per heavy atom. The van der Waals surface area contributed by atoms with E-state index < -0.39 is 12.0 Å². The summed E-state index contributed by atoms with van der Waals surface area (Å²) < 4.78 is 0. The van der Waals surface area contributed by atoms with E-state index in [9.17, 15) is 9.59 Å². The van der Waals surface area contributed by atoms with Crippen LogP contribution in [0, 0.1) is 0 Å². The Balaban J connectivity index is 2.28. The van der Waals surface area contributed by atoms with Gasteiger partial charge in [-0.25, -0.2) is 4.79 Å². The van der Waals surface area contributed by atoms with Gasteiger partial charge in [0.1, 0.15) is 6.04 Å². The average molecular weight is 205 g/mol. The summed E-state index contributed by atoms with van der Waals surface area (Å²) in [6, 6.07) is 8.46. The molecule has 1 fully saturated rings. The zero-order chi connectivity index (χ0) is 10.8. The normalized spacial score (nSPS) is 24.9. The van der Waals surface area contributed by atoms with Crippen molar-refractivity contribution in [2.45, 2.75) is 18.4 Å². The molecule has 0 radical (unpaired) electrons. The minimum absolute atomic E-state index is 0.198. The number of benzene rings is 1. The lowest BCUT2D eigenvalue weighted by Crippen LogP contribution is -2.35. The number of aliphatic carboxylic acids is 1. The molecule has 0 spiro atoms. The summed E-state index contributed by atoms with van der Waals surface area (Å²) >= 11 is 0. The third-order valence-electron chi connectivity index (χ3n) is 2.62. The van der Waals surface area contributed by atoms with Gasteiger partial charge in [-0.05, 0) is 5.56 Å². The molecule has 1 heterocycles. The molecule has 2 rings (SSSR count). The maximum Gasteiger partial charge on any atom is 0.326 e. The van der Waals surface area contributed by atoms with Crippen molar-refractivity contribution in [2.75, 3.05) is 0 Å². The van der Waals surface area contributed by atoms with Gasteiger partial charge in [-0.3, -0.25) is 4.79 Å². The van der Waals surface area contributed by atoms with E-state index in [0.717, 1.165) is 5.56 Å². The smallest absolute Gasteiger partial charge is 0.326 e. The van der Waals surface area contributed by atoms with Crippen LogP contribution in [-0.4, -0.2) is 23.0 Å². The van der Waals surface area contributed by atoms with Gasteiger partial charge >= 0.3 is 5.97 Å². The zero-order valence-corrected chi connectivity index (χ0v) is 8.01. The second-order valence-electron chi connectivity index (χ2n) is 3.60. The minimum atomic E-state index is -0.977. The van der Waals surface area contributed by atoms with Crippen molar-refractivity contribution in [3.8, 4) is 0 Å². The first-order chi connectivity index (χ1) is 7.18. The van der Waals surface area contributed by atoms with Gasteiger partial charge in [0.15, 0.2) is 0 Å². The summed E-state index contributed by atoms with van der Waals surface area (Å²) in [5, 5.41) is 11.4. The van der Waals surface area contributed by atoms with Gasteiger partial charge in [-0.1, -0.05) is 30.3 Å². The van der Waals surface area contributed by atoms with Crippen LogP contribution in [0.4, 0.5) is 0 Å². The van der Waals surface area contributed by atoms with Crippen molar-refractivity contribution in [3.63, 3.8) is 0 Å². The number of carboxylic acids is 1. The Kier molecular flexibility index (Phi) is 2.41. The van der Waals surface area contributed by atoms with E-state index in [4.69, 9.17) is 5.11 Å². The molecule has 0 unspecified atom stereocenters. The lowest BCUT2D eigenvalue weighted by atomic mass is 9.92.